The van der Waals surface area contributed by atoms with Gasteiger partial charge in [0.1, 0.15) is 12.1 Å². The summed E-state index contributed by atoms with van der Waals surface area (Å²) < 4.78 is 0. The van der Waals surface area contributed by atoms with E-state index in [0.717, 1.165) is 27.5 Å². The fourth-order valence-electron chi connectivity index (χ4n) is 2.73. The summed E-state index contributed by atoms with van der Waals surface area (Å²) in [6.45, 7) is 4.07. The third-order valence-electron chi connectivity index (χ3n) is 3.99. The van der Waals surface area contributed by atoms with Gasteiger partial charge in [0.05, 0.1) is 11.1 Å². The molecule has 0 spiro atoms. The minimum atomic E-state index is 0.700. The number of rotatable bonds is 4. The van der Waals surface area contributed by atoms with E-state index in [1.165, 1.54) is 10.5 Å². The third-order valence-corrected chi connectivity index (χ3v) is 5.06. The van der Waals surface area contributed by atoms with Gasteiger partial charge in [-0.15, -0.1) is 0 Å². The Bertz CT molecular complexity index is 1080. The van der Waals surface area contributed by atoms with Crippen LogP contribution in [-0.4, -0.2) is 15.0 Å². The Labute approximate surface area is 156 Å². The van der Waals surface area contributed by atoms with Crippen LogP contribution in [0.1, 0.15) is 11.3 Å². The van der Waals surface area contributed by atoms with Crippen LogP contribution in [0, 0.1) is 13.8 Å². The summed E-state index contributed by atoms with van der Waals surface area (Å²) in [5, 5.41) is 4.37. The molecule has 0 aliphatic carbocycles. The van der Waals surface area contributed by atoms with Crippen LogP contribution in [0.2, 0.25) is 0 Å². The monoisotopic (exact) mass is 358 g/mol. The normalized spacial score (nSPS) is 10.8. The maximum atomic E-state index is 4.48. The molecular formula is C21H18N4S. The Kier molecular flexibility index (Phi) is 4.54. The second kappa shape index (κ2) is 7.14. The summed E-state index contributed by atoms with van der Waals surface area (Å²) in [5.74, 6) is 0.764. The average molecular weight is 358 g/mol. The van der Waals surface area contributed by atoms with Crippen LogP contribution < -0.4 is 5.32 Å². The van der Waals surface area contributed by atoms with Gasteiger partial charge in [0, 0.05) is 15.5 Å². The summed E-state index contributed by atoms with van der Waals surface area (Å²) >= 11 is 1.73. The molecule has 0 aliphatic rings. The lowest BCUT2D eigenvalue weighted by atomic mass is 10.2. The molecule has 26 heavy (non-hydrogen) atoms. The minimum Gasteiger partial charge on any atom is -0.339 e. The van der Waals surface area contributed by atoms with Crippen LogP contribution in [0.25, 0.3) is 11.0 Å². The lowest BCUT2D eigenvalue weighted by molar-refractivity contribution is 1.15. The van der Waals surface area contributed by atoms with E-state index >= 15 is 0 Å². The van der Waals surface area contributed by atoms with E-state index in [0.29, 0.717) is 5.65 Å². The van der Waals surface area contributed by atoms with Crippen LogP contribution in [-0.2, 0) is 0 Å². The largest absolute Gasteiger partial charge is 0.339 e. The first-order chi connectivity index (χ1) is 12.7. The van der Waals surface area contributed by atoms with E-state index in [4.69, 9.17) is 0 Å². The molecule has 4 nitrogen and oxygen atoms in total. The number of hydrogen-bond acceptors (Lipinski definition) is 5. The van der Waals surface area contributed by atoms with E-state index in [1.54, 1.807) is 18.1 Å². The number of nitrogens with one attached hydrogen (secondary N) is 1. The second-order valence-electron chi connectivity index (χ2n) is 6.09. The summed E-state index contributed by atoms with van der Waals surface area (Å²) in [4.78, 5) is 15.5. The zero-order valence-corrected chi connectivity index (χ0v) is 15.4. The Hall–Kier alpha value is -2.92. The van der Waals surface area contributed by atoms with Crippen LogP contribution in [0.4, 0.5) is 11.5 Å². The van der Waals surface area contributed by atoms with Crippen LogP contribution >= 0.6 is 11.8 Å². The van der Waals surface area contributed by atoms with Crippen molar-refractivity contribution in [3.8, 4) is 0 Å². The summed E-state index contributed by atoms with van der Waals surface area (Å²) in [5.41, 5.74) is 3.91. The van der Waals surface area contributed by atoms with Gasteiger partial charge in [0.25, 0.3) is 0 Å². The van der Waals surface area contributed by atoms with Crippen molar-refractivity contribution in [2.75, 3.05) is 5.32 Å². The molecule has 0 saturated heterocycles. The molecule has 4 rings (SSSR count). The SMILES string of the molecule is Cc1cccc(Sc2ccccc2Nc2ncnc3nc(C)ccc23)c1. The first-order valence-corrected chi connectivity index (χ1v) is 9.19. The van der Waals surface area contributed by atoms with Crippen molar-refractivity contribution in [1.29, 1.82) is 0 Å². The van der Waals surface area contributed by atoms with Crippen molar-refractivity contribution in [3.63, 3.8) is 0 Å². The van der Waals surface area contributed by atoms with Gasteiger partial charge >= 0.3 is 0 Å². The highest BCUT2D eigenvalue weighted by atomic mass is 32.2. The summed E-state index contributed by atoms with van der Waals surface area (Å²) in [7, 11) is 0. The molecule has 5 heteroatoms. The van der Waals surface area contributed by atoms with Gasteiger partial charge in [-0.2, -0.15) is 0 Å². The Morgan fingerprint density at radius 2 is 1.77 bits per heavy atom. The molecule has 4 aromatic rings. The number of anilines is 2. The second-order valence-corrected chi connectivity index (χ2v) is 7.20. The molecule has 1 N–H and O–H groups in total. The quantitative estimate of drug-likeness (QED) is 0.519. The predicted molar refractivity (Wildman–Crippen MR) is 107 cm³/mol. The molecule has 0 saturated carbocycles. The van der Waals surface area contributed by atoms with Crippen molar-refractivity contribution in [1.82, 2.24) is 15.0 Å². The standard InChI is InChI=1S/C21H18N4S/c1-14-6-5-7-16(12-14)26-19-9-4-3-8-18(19)25-21-17-11-10-15(2)24-20(17)22-13-23-21/h3-13H,1-2H3,(H,22,23,24,25). The van der Waals surface area contributed by atoms with Crippen LogP contribution in [0.5, 0.6) is 0 Å². The van der Waals surface area contributed by atoms with Crippen molar-refractivity contribution in [3.05, 3.63) is 78.2 Å². The van der Waals surface area contributed by atoms with Gasteiger partial charge in [-0.1, -0.05) is 41.6 Å². The van der Waals surface area contributed by atoms with Gasteiger partial charge in [0.2, 0.25) is 0 Å². The van der Waals surface area contributed by atoms with E-state index < -0.39 is 0 Å². The molecular weight excluding hydrogens is 340 g/mol. The van der Waals surface area contributed by atoms with Gasteiger partial charge in [-0.05, 0) is 50.2 Å². The van der Waals surface area contributed by atoms with Crippen molar-refractivity contribution < 1.29 is 0 Å². The highest BCUT2D eigenvalue weighted by Gasteiger charge is 2.09. The number of para-hydroxylation sites is 1. The van der Waals surface area contributed by atoms with E-state index in [9.17, 15) is 0 Å². The number of benzene rings is 2. The minimum absolute atomic E-state index is 0.700. The zero-order chi connectivity index (χ0) is 17.9. The molecule has 2 heterocycles. The van der Waals surface area contributed by atoms with E-state index in [1.807, 2.05) is 31.2 Å². The maximum absolute atomic E-state index is 4.48. The van der Waals surface area contributed by atoms with E-state index in [-0.39, 0.29) is 0 Å². The fourth-order valence-corrected chi connectivity index (χ4v) is 3.75. The summed E-state index contributed by atoms with van der Waals surface area (Å²) in [6, 6.07) is 20.7. The molecule has 0 amide bonds. The topological polar surface area (TPSA) is 50.7 Å². The smallest absolute Gasteiger partial charge is 0.164 e. The van der Waals surface area contributed by atoms with Crippen molar-refractivity contribution in [2.24, 2.45) is 0 Å². The molecule has 0 bridgehead atoms. The number of aromatic nitrogens is 3. The first kappa shape index (κ1) is 16.5. The molecule has 2 aromatic heterocycles. The lowest BCUT2D eigenvalue weighted by Gasteiger charge is -2.12. The fraction of sp³-hybridized carbons (Fsp3) is 0.0952. The van der Waals surface area contributed by atoms with Crippen molar-refractivity contribution >= 4 is 34.3 Å². The maximum Gasteiger partial charge on any atom is 0.164 e. The third kappa shape index (κ3) is 3.53. The number of aryl methyl sites for hydroxylation is 2. The van der Waals surface area contributed by atoms with E-state index in [2.05, 4.69) is 63.6 Å². The number of pyridine rings is 1. The van der Waals surface area contributed by atoms with Gasteiger partial charge in [-0.25, -0.2) is 15.0 Å². The van der Waals surface area contributed by atoms with Crippen LogP contribution in [0.15, 0.2) is 76.8 Å². The Balaban J connectivity index is 1.69. The Morgan fingerprint density at radius 3 is 2.65 bits per heavy atom. The molecule has 0 fully saturated rings. The molecule has 0 atom stereocenters. The molecule has 2 aromatic carbocycles. The van der Waals surface area contributed by atoms with Gasteiger partial charge in [-0.3, -0.25) is 0 Å². The van der Waals surface area contributed by atoms with Crippen LogP contribution in [0.3, 0.4) is 0 Å². The van der Waals surface area contributed by atoms with Crippen molar-refractivity contribution in [2.45, 2.75) is 23.6 Å². The lowest BCUT2D eigenvalue weighted by Crippen LogP contribution is -1.98. The highest BCUT2D eigenvalue weighted by molar-refractivity contribution is 7.99. The zero-order valence-electron chi connectivity index (χ0n) is 14.6. The molecule has 128 valence electrons. The first-order valence-electron chi connectivity index (χ1n) is 8.38. The van der Waals surface area contributed by atoms with Gasteiger partial charge < -0.3 is 5.32 Å². The number of fused-ring (bicyclic) bond motifs is 1. The Morgan fingerprint density at radius 1 is 0.885 bits per heavy atom. The number of nitrogens with zero attached hydrogens (tertiary/aromatic N) is 3. The van der Waals surface area contributed by atoms with Gasteiger partial charge in [0.15, 0.2) is 5.65 Å². The average Bonchev–Trinajstić information content (AvgIpc) is 2.63. The predicted octanol–water partition coefficient (Wildman–Crippen LogP) is 5.54. The molecule has 0 aliphatic heterocycles. The number of hydrogen-bond donors (Lipinski definition) is 1. The highest BCUT2D eigenvalue weighted by Crippen LogP contribution is 2.35. The summed E-state index contributed by atoms with van der Waals surface area (Å²) in [6.07, 6.45) is 1.55. The molecule has 0 radical (unpaired) electrons. The molecule has 0 unspecified atom stereocenters.